The van der Waals surface area contributed by atoms with Gasteiger partial charge in [0.05, 0.1) is 5.02 Å². The van der Waals surface area contributed by atoms with Crippen LogP contribution in [0.25, 0.3) is 0 Å². The third-order valence-corrected chi connectivity index (χ3v) is 4.80. The SMILES string of the molecule is CCNC(C)c1ccc(SCc2cccc(F)c2Cl)cc1. The van der Waals surface area contributed by atoms with Gasteiger partial charge in [-0.2, -0.15) is 0 Å². The van der Waals surface area contributed by atoms with Gasteiger partial charge in [-0.25, -0.2) is 4.39 Å². The molecule has 2 aromatic rings. The van der Waals surface area contributed by atoms with E-state index in [4.69, 9.17) is 11.6 Å². The molecule has 112 valence electrons. The topological polar surface area (TPSA) is 12.0 Å². The zero-order chi connectivity index (χ0) is 15.2. The lowest BCUT2D eigenvalue weighted by Gasteiger charge is -2.13. The van der Waals surface area contributed by atoms with Crippen LogP contribution in [-0.2, 0) is 5.75 Å². The average Bonchev–Trinajstić information content (AvgIpc) is 2.49. The Hall–Kier alpha value is -1.03. The number of thioether (sulfide) groups is 1. The molecule has 0 aliphatic rings. The van der Waals surface area contributed by atoms with E-state index in [0.717, 1.165) is 17.0 Å². The second-order valence-electron chi connectivity index (χ2n) is 4.85. The molecule has 21 heavy (non-hydrogen) atoms. The summed E-state index contributed by atoms with van der Waals surface area (Å²) in [7, 11) is 0. The van der Waals surface area contributed by atoms with Crippen LogP contribution in [0.4, 0.5) is 4.39 Å². The van der Waals surface area contributed by atoms with Crippen molar-refractivity contribution in [3.63, 3.8) is 0 Å². The molecule has 1 nitrogen and oxygen atoms in total. The van der Waals surface area contributed by atoms with Crippen LogP contribution >= 0.6 is 23.4 Å². The molecule has 0 spiro atoms. The molecular formula is C17H19ClFNS. The summed E-state index contributed by atoms with van der Waals surface area (Å²) in [5, 5.41) is 3.61. The summed E-state index contributed by atoms with van der Waals surface area (Å²) in [5.41, 5.74) is 2.09. The predicted molar refractivity (Wildman–Crippen MR) is 89.5 cm³/mol. The smallest absolute Gasteiger partial charge is 0.142 e. The van der Waals surface area contributed by atoms with E-state index >= 15 is 0 Å². The maximum atomic E-state index is 13.4. The molecule has 0 fully saturated rings. The fourth-order valence-corrected chi connectivity index (χ4v) is 3.26. The fraction of sp³-hybridized carbons (Fsp3) is 0.294. The lowest BCUT2D eigenvalue weighted by atomic mass is 10.1. The van der Waals surface area contributed by atoms with Gasteiger partial charge in [-0.1, -0.05) is 42.8 Å². The van der Waals surface area contributed by atoms with Crippen molar-refractivity contribution < 1.29 is 4.39 Å². The van der Waals surface area contributed by atoms with Gasteiger partial charge in [0.1, 0.15) is 5.82 Å². The van der Waals surface area contributed by atoms with Crippen molar-refractivity contribution in [2.45, 2.75) is 30.5 Å². The first kappa shape index (κ1) is 16.3. The highest BCUT2D eigenvalue weighted by atomic mass is 35.5. The van der Waals surface area contributed by atoms with Crippen LogP contribution in [0.15, 0.2) is 47.4 Å². The molecule has 0 heterocycles. The van der Waals surface area contributed by atoms with Crippen molar-refractivity contribution in [1.82, 2.24) is 5.32 Å². The molecule has 0 bridgehead atoms. The molecule has 0 saturated heterocycles. The molecule has 1 unspecified atom stereocenters. The van der Waals surface area contributed by atoms with E-state index in [9.17, 15) is 4.39 Å². The molecule has 0 saturated carbocycles. The van der Waals surface area contributed by atoms with Crippen molar-refractivity contribution in [1.29, 1.82) is 0 Å². The number of rotatable bonds is 6. The third-order valence-electron chi connectivity index (χ3n) is 3.32. The third kappa shape index (κ3) is 4.47. The van der Waals surface area contributed by atoms with Crippen LogP contribution in [0.1, 0.15) is 31.0 Å². The predicted octanol–water partition coefficient (Wildman–Crippen LogP) is 5.44. The maximum absolute atomic E-state index is 13.4. The van der Waals surface area contributed by atoms with Gasteiger partial charge in [0, 0.05) is 16.7 Å². The van der Waals surface area contributed by atoms with Crippen molar-refractivity contribution in [3.05, 3.63) is 64.4 Å². The van der Waals surface area contributed by atoms with Crippen LogP contribution in [-0.4, -0.2) is 6.54 Å². The van der Waals surface area contributed by atoms with Gasteiger partial charge < -0.3 is 5.32 Å². The van der Waals surface area contributed by atoms with E-state index in [2.05, 4.69) is 43.4 Å². The molecule has 2 aromatic carbocycles. The standard InChI is InChI=1S/C17H19ClFNS/c1-3-20-12(2)13-7-9-15(10-8-13)21-11-14-5-4-6-16(19)17(14)18/h4-10,12,20H,3,11H2,1-2H3. The van der Waals surface area contributed by atoms with Crippen molar-refractivity contribution >= 4 is 23.4 Å². The van der Waals surface area contributed by atoms with Crippen LogP contribution in [0.2, 0.25) is 5.02 Å². The molecule has 1 atom stereocenters. The molecular weight excluding hydrogens is 305 g/mol. The largest absolute Gasteiger partial charge is 0.310 e. The van der Waals surface area contributed by atoms with E-state index in [0.29, 0.717) is 11.8 Å². The van der Waals surface area contributed by atoms with Crippen molar-refractivity contribution in [2.75, 3.05) is 6.54 Å². The number of halogens is 2. The Kier molecular flexibility index (Phi) is 6.09. The monoisotopic (exact) mass is 323 g/mol. The Morgan fingerprint density at radius 2 is 1.90 bits per heavy atom. The Morgan fingerprint density at radius 1 is 1.19 bits per heavy atom. The summed E-state index contributed by atoms with van der Waals surface area (Å²) in [6.45, 7) is 5.21. The Bertz CT molecular complexity index is 586. The minimum Gasteiger partial charge on any atom is -0.310 e. The average molecular weight is 324 g/mol. The maximum Gasteiger partial charge on any atom is 0.142 e. The number of nitrogens with one attached hydrogen (secondary N) is 1. The van der Waals surface area contributed by atoms with Crippen molar-refractivity contribution in [2.24, 2.45) is 0 Å². The van der Waals surface area contributed by atoms with Crippen molar-refractivity contribution in [3.8, 4) is 0 Å². The summed E-state index contributed by atoms with van der Waals surface area (Å²) in [6.07, 6.45) is 0. The second-order valence-corrected chi connectivity index (χ2v) is 6.28. The van der Waals surface area contributed by atoms with Crippen LogP contribution in [0, 0.1) is 5.82 Å². The lowest BCUT2D eigenvalue weighted by molar-refractivity contribution is 0.598. The zero-order valence-corrected chi connectivity index (χ0v) is 13.8. The second kappa shape index (κ2) is 7.83. The first-order valence-corrected chi connectivity index (χ1v) is 8.37. The molecule has 4 heteroatoms. The van der Waals surface area contributed by atoms with Gasteiger partial charge in [-0.05, 0) is 42.8 Å². The molecule has 1 N–H and O–H groups in total. The first-order chi connectivity index (χ1) is 10.1. The highest BCUT2D eigenvalue weighted by molar-refractivity contribution is 7.98. The summed E-state index contributed by atoms with van der Waals surface area (Å²) in [5.74, 6) is 0.309. The minimum absolute atomic E-state index is 0.224. The molecule has 0 aromatic heterocycles. The molecule has 0 aliphatic heterocycles. The van der Waals surface area contributed by atoms with Gasteiger partial charge in [-0.3, -0.25) is 0 Å². The zero-order valence-electron chi connectivity index (χ0n) is 12.2. The molecule has 0 radical (unpaired) electrons. The summed E-state index contributed by atoms with van der Waals surface area (Å²) in [6, 6.07) is 13.7. The van der Waals surface area contributed by atoms with Crippen LogP contribution < -0.4 is 5.32 Å². The Morgan fingerprint density at radius 3 is 2.57 bits per heavy atom. The van der Waals surface area contributed by atoms with Crippen LogP contribution in [0.3, 0.4) is 0 Å². The van der Waals surface area contributed by atoms with E-state index in [1.807, 2.05) is 6.07 Å². The van der Waals surface area contributed by atoms with E-state index in [1.165, 1.54) is 11.6 Å². The normalized spacial score (nSPS) is 12.4. The quantitative estimate of drug-likeness (QED) is 0.710. The van der Waals surface area contributed by atoms with E-state index < -0.39 is 0 Å². The summed E-state index contributed by atoms with van der Waals surface area (Å²) >= 11 is 7.62. The number of benzene rings is 2. The highest BCUT2D eigenvalue weighted by Gasteiger charge is 2.07. The Labute approximate surface area is 134 Å². The molecule has 2 rings (SSSR count). The molecule has 0 aliphatic carbocycles. The van der Waals surface area contributed by atoms with Gasteiger partial charge in [0.2, 0.25) is 0 Å². The van der Waals surface area contributed by atoms with Gasteiger partial charge in [0.15, 0.2) is 0 Å². The first-order valence-electron chi connectivity index (χ1n) is 7.01. The Balaban J connectivity index is 1.99. The summed E-state index contributed by atoms with van der Waals surface area (Å²) < 4.78 is 13.4. The molecule has 0 amide bonds. The number of hydrogen-bond donors (Lipinski definition) is 1. The van der Waals surface area contributed by atoms with Gasteiger partial charge in [-0.15, -0.1) is 11.8 Å². The van der Waals surface area contributed by atoms with E-state index in [-0.39, 0.29) is 10.8 Å². The van der Waals surface area contributed by atoms with E-state index in [1.54, 1.807) is 17.8 Å². The minimum atomic E-state index is -0.357. The van der Waals surface area contributed by atoms with Crippen LogP contribution in [0.5, 0.6) is 0 Å². The highest BCUT2D eigenvalue weighted by Crippen LogP contribution is 2.28. The van der Waals surface area contributed by atoms with Gasteiger partial charge in [0.25, 0.3) is 0 Å². The van der Waals surface area contributed by atoms with Gasteiger partial charge >= 0.3 is 0 Å². The summed E-state index contributed by atoms with van der Waals surface area (Å²) in [4.78, 5) is 1.16. The fourth-order valence-electron chi connectivity index (χ4n) is 2.10. The number of hydrogen-bond acceptors (Lipinski definition) is 2. The lowest BCUT2D eigenvalue weighted by Crippen LogP contribution is -2.17.